The van der Waals surface area contributed by atoms with E-state index in [1.54, 1.807) is 26.0 Å². The Balaban J connectivity index is 2.34. The first kappa shape index (κ1) is 13.6. The van der Waals surface area contributed by atoms with E-state index in [4.69, 9.17) is 9.47 Å². The molecule has 0 fully saturated rings. The average Bonchev–Trinajstić information content (AvgIpc) is 2.50. The van der Waals surface area contributed by atoms with Crippen LogP contribution in [0, 0.1) is 0 Å². The van der Waals surface area contributed by atoms with Crippen molar-refractivity contribution >= 4 is 17.3 Å². The van der Waals surface area contributed by atoms with Gasteiger partial charge in [0.05, 0.1) is 6.61 Å². The quantitative estimate of drug-likeness (QED) is 0.777. The van der Waals surface area contributed by atoms with E-state index in [-0.39, 0.29) is 18.2 Å². The number of rotatable bonds is 2. The molecule has 0 radical (unpaired) electrons. The topological polar surface area (TPSA) is 35.5 Å². The molecule has 2 aliphatic rings. The lowest BCUT2D eigenvalue weighted by molar-refractivity contribution is -0.138. The first-order chi connectivity index (χ1) is 10.1. The predicted octanol–water partition coefficient (Wildman–Crippen LogP) is 1.72. The standard InChI is InChI=1S/C17H15FO3/c1-3-20-17(19)16-12-7-5-4-6-11(12)15-10(2)13(18)8-9-14(15)21-16/h4-9,14H,3H2,1-2H3. The normalized spacial score (nSPS) is 19.9. The summed E-state index contributed by atoms with van der Waals surface area (Å²) in [5.41, 5.74) is 1.30. The summed E-state index contributed by atoms with van der Waals surface area (Å²) in [6, 6.07) is 7.33. The fourth-order valence-corrected chi connectivity index (χ4v) is 2.65. The van der Waals surface area contributed by atoms with Gasteiger partial charge < -0.3 is 9.47 Å². The Morgan fingerprint density at radius 2 is 2.05 bits per heavy atom. The Kier molecular flexibility index (Phi) is 3.37. The molecule has 0 spiro atoms. The second-order valence-corrected chi connectivity index (χ2v) is 4.88. The van der Waals surface area contributed by atoms with Crippen LogP contribution in [-0.2, 0) is 14.3 Å². The minimum Gasteiger partial charge on any atom is -0.474 e. The van der Waals surface area contributed by atoms with Crippen LogP contribution in [0.5, 0.6) is 0 Å². The highest BCUT2D eigenvalue weighted by atomic mass is 19.1. The number of ether oxygens (including phenoxy) is 2. The van der Waals surface area contributed by atoms with Crippen molar-refractivity contribution in [1.82, 2.24) is 0 Å². The molecule has 1 heterocycles. The lowest BCUT2D eigenvalue weighted by Gasteiger charge is -2.27. The molecular formula is C17H15FO3. The van der Waals surface area contributed by atoms with E-state index in [2.05, 4.69) is 0 Å². The van der Waals surface area contributed by atoms with Crippen LogP contribution in [0.4, 0.5) is 4.39 Å². The van der Waals surface area contributed by atoms with Gasteiger partial charge in [0, 0.05) is 10.8 Å². The second-order valence-electron chi connectivity index (χ2n) is 4.88. The van der Waals surface area contributed by atoms with Crippen molar-refractivity contribution in [1.29, 1.82) is 0 Å². The Labute approximate surface area is 121 Å². The number of fused-ring (bicyclic) bond motifs is 2. The summed E-state index contributed by atoms with van der Waals surface area (Å²) in [7, 11) is 0. The Morgan fingerprint density at radius 3 is 2.76 bits per heavy atom. The number of carbonyl (C=O) groups excluding carboxylic acids is 1. The summed E-state index contributed by atoms with van der Waals surface area (Å²) in [6.45, 7) is 3.74. The molecule has 1 aromatic rings. The van der Waals surface area contributed by atoms with E-state index in [9.17, 15) is 9.18 Å². The number of esters is 1. The highest BCUT2D eigenvalue weighted by Gasteiger charge is 2.29. The largest absolute Gasteiger partial charge is 0.474 e. The Morgan fingerprint density at radius 1 is 1.33 bits per heavy atom. The van der Waals surface area contributed by atoms with E-state index < -0.39 is 12.1 Å². The average molecular weight is 286 g/mol. The molecule has 0 saturated heterocycles. The summed E-state index contributed by atoms with van der Waals surface area (Å²) in [6.07, 6.45) is 2.53. The molecule has 0 saturated carbocycles. The third-order valence-corrected chi connectivity index (χ3v) is 3.63. The van der Waals surface area contributed by atoms with Gasteiger partial charge in [0.2, 0.25) is 5.76 Å². The maximum Gasteiger partial charge on any atom is 0.374 e. The van der Waals surface area contributed by atoms with E-state index in [1.807, 2.05) is 18.2 Å². The van der Waals surface area contributed by atoms with Gasteiger partial charge in [-0.05, 0) is 36.8 Å². The maximum atomic E-state index is 13.8. The van der Waals surface area contributed by atoms with Crippen LogP contribution in [0.25, 0.3) is 11.3 Å². The van der Waals surface area contributed by atoms with Crippen LogP contribution in [0.1, 0.15) is 13.8 Å². The van der Waals surface area contributed by atoms with Gasteiger partial charge in [-0.1, -0.05) is 24.3 Å². The minimum absolute atomic E-state index is 0.181. The molecule has 1 aliphatic carbocycles. The van der Waals surface area contributed by atoms with Crippen molar-refractivity contribution in [2.45, 2.75) is 20.0 Å². The van der Waals surface area contributed by atoms with Crippen LogP contribution >= 0.6 is 0 Å². The van der Waals surface area contributed by atoms with Gasteiger partial charge in [-0.25, -0.2) is 9.18 Å². The van der Waals surface area contributed by atoms with Gasteiger partial charge >= 0.3 is 5.97 Å². The number of benzene rings is 1. The van der Waals surface area contributed by atoms with Crippen molar-refractivity contribution in [3.05, 3.63) is 58.3 Å². The van der Waals surface area contributed by atoms with Crippen LogP contribution in [0.3, 0.4) is 0 Å². The zero-order chi connectivity index (χ0) is 15.0. The number of allylic oxidation sites excluding steroid dienone is 2. The Bertz CT molecular complexity index is 786. The van der Waals surface area contributed by atoms with Crippen molar-refractivity contribution in [3.63, 3.8) is 0 Å². The summed E-state index contributed by atoms with van der Waals surface area (Å²) in [5, 5.41) is 1.46. The summed E-state index contributed by atoms with van der Waals surface area (Å²) >= 11 is 0. The van der Waals surface area contributed by atoms with E-state index in [0.29, 0.717) is 10.8 Å². The number of hydrogen-bond acceptors (Lipinski definition) is 3. The van der Waals surface area contributed by atoms with Crippen LogP contribution in [0.15, 0.2) is 47.8 Å². The molecule has 1 aliphatic heterocycles. The van der Waals surface area contributed by atoms with Crippen molar-refractivity contribution in [3.8, 4) is 0 Å². The molecule has 1 atom stereocenters. The maximum absolute atomic E-state index is 13.8. The lowest BCUT2D eigenvalue weighted by Crippen LogP contribution is -2.41. The molecule has 1 aromatic carbocycles. The smallest absolute Gasteiger partial charge is 0.374 e. The SMILES string of the molecule is CCOC(=O)C1=c2ccccc2=C2C(C)=C(F)C=CC2O1. The van der Waals surface area contributed by atoms with Gasteiger partial charge in [0.15, 0.2) is 0 Å². The van der Waals surface area contributed by atoms with Crippen molar-refractivity contribution < 1.29 is 18.7 Å². The fourth-order valence-electron chi connectivity index (χ4n) is 2.65. The highest BCUT2D eigenvalue weighted by molar-refractivity contribution is 6.07. The molecule has 3 nitrogen and oxygen atoms in total. The minimum atomic E-state index is -0.495. The monoisotopic (exact) mass is 286 g/mol. The predicted molar refractivity (Wildman–Crippen MR) is 77.0 cm³/mol. The van der Waals surface area contributed by atoms with Gasteiger partial charge in [-0.3, -0.25) is 0 Å². The summed E-state index contributed by atoms with van der Waals surface area (Å²) in [4.78, 5) is 12.1. The van der Waals surface area contributed by atoms with Gasteiger partial charge in [-0.2, -0.15) is 0 Å². The van der Waals surface area contributed by atoms with Gasteiger partial charge in [0.25, 0.3) is 0 Å². The molecular weight excluding hydrogens is 271 g/mol. The molecule has 108 valence electrons. The van der Waals surface area contributed by atoms with E-state index in [1.165, 1.54) is 6.08 Å². The molecule has 1 unspecified atom stereocenters. The summed E-state index contributed by atoms with van der Waals surface area (Å²) in [5.74, 6) is -0.592. The number of hydrogen-bond donors (Lipinski definition) is 0. The number of carbonyl (C=O) groups is 1. The number of halogens is 1. The lowest BCUT2D eigenvalue weighted by atomic mass is 9.91. The van der Waals surface area contributed by atoms with E-state index >= 15 is 0 Å². The fraction of sp³-hybridized carbons (Fsp3) is 0.235. The van der Waals surface area contributed by atoms with Crippen LogP contribution in [0.2, 0.25) is 0 Å². The third kappa shape index (κ3) is 2.17. The summed E-state index contributed by atoms with van der Waals surface area (Å²) < 4.78 is 24.6. The van der Waals surface area contributed by atoms with Crippen molar-refractivity contribution in [2.24, 2.45) is 0 Å². The third-order valence-electron chi connectivity index (χ3n) is 3.63. The molecule has 0 bridgehead atoms. The Hall–Kier alpha value is -2.36. The first-order valence-electron chi connectivity index (χ1n) is 6.85. The van der Waals surface area contributed by atoms with Crippen molar-refractivity contribution in [2.75, 3.05) is 6.61 Å². The first-order valence-corrected chi connectivity index (χ1v) is 6.85. The molecule has 0 aromatic heterocycles. The zero-order valence-electron chi connectivity index (χ0n) is 11.9. The van der Waals surface area contributed by atoms with Crippen LogP contribution in [-0.4, -0.2) is 18.7 Å². The molecule has 0 amide bonds. The van der Waals surface area contributed by atoms with E-state index in [0.717, 1.165) is 10.8 Å². The zero-order valence-corrected chi connectivity index (χ0v) is 11.9. The molecule has 21 heavy (non-hydrogen) atoms. The molecule has 4 heteroatoms. The van der Waals surface area contributed by atoms with Gasteiger partial charge in [0.1, 0.15) is 11.9 Å². The second kappa shape index (κ2) is 5.20. The highest BCUT2D eigenvalue weighted by Crippen LogP contribution is 2.30. The molecule has 3 rings (SSSR count). The molecule has 0 N–H and O–H groups in total. The van der Waals surface area contributed by atoms with Gasteiger partial charge in [-0.15, -0.1) is 0 Å². The van der Waals surface area contributed by atoms with Crippen LogP contribution < -0.4 is 10.4 Å².